The second kappa shape index (κ2) is 17.1. The highest BCUT2D eigenvalue weighted by atomic mass is 16.5. The molecule has 0 aliphatic heterocycles. The first-order valence-corrected chi connectivity index (χ1v) is 11.7. The Morgan fingerprint density at radius 1 is 1.11 bits per heavy atom. The molecule has 0 bridgehead atoms. The molecule has 1 radical (unpaired) electrons. The van der Waals surface area contributed by atoms with Gasteiger partial charge in [-0.2, -0.15) is 0 Å². The molecule has 10 heteroatoms. The Labute approximate surface area is 214 Å². The molecule has 0 aromatic heterocycles. The largest absolute Gasteiger partial charge is 0.555 e. The fourth-order valence-electron chi connectivity index (χ4n) is 3.39. The standard InChI is InChI=1S/C26H36BN2O7/c1-6-12-34-16-20(26(32)33-5)15-23(30)24(18(3)4)29-25(31)22(27-36-17-28)14-19-8-10-21(11-9-19)35-13-7-2/h6-11,17-18,20,22,24,28H,1-2,12-16H2,3-5H3,(H,29,31)/t20-,22-,24-/m0/s1. The van der Waals surface area contributed by atoms with Crippen LogP contribution in [-0.2, 0) is 34.9 Å². The van der Waals surface area contributed by atoms with E-state index in [2.05, 4.69) is 18.5 Å². The Bertz CT molecular complexity index is 874. The number of ketones is 1. The highest BCUT2D eigenvalue weighted by Crippen LogP contribution is 2.20. The van der Waals surface area contributed by atoms with Gasteiger partial charge < -0.3 is 24.2 Å². The summed E-state index contributed by atoms with van der Waals surface area (Å²) in [5.74, 6) is -2.45. The lowest BCUT2D eigenvalue weighted by Gasteiger charge is -2.25. The van der Waals surface area contributed by atoms with Crippen molar-refractivity contribution in [2.45, 2.75) is 38.5 Å². The Morgan fingerprint density at radius 2 is 1.78 bits per heavy atom. The molecule has 0 heterocycles. The van der Waals surface area contributed by atoms with Gasteiger partial charge in [-0.05, 0) is 30.0 Å². The van der Waals surface area contributed by atoms with E-state index in [9.17, 15) is 14.4 Å². The van der Waals surface area contributed by atoms with Gasteiger partial charge in [0.2, 0.25) is 5.91 Å². The SMILES string of the molecule is C=CCOC[C@H](CC(=O)[C@@H](NC(=O)[C@@H]([B]OC=N)Cc1ccc(OCC=C)cc1)C(C)C)C(=O)OC. The highest BCUT2D eigenvalue weighted by molar-refractivity contribution is 6.39. The van der Waals surface area contributed by atoms with Crippen LogP contribution in [0.5, 0.6) is 5.75 Å². The average Bonchev–Trinajstić information content (AvgIpc) is 2.87. The number of nitrogens with one attached hydrogen (secondary N) is 2. The van der Waals surface area contributed by atoms with E-state index in [0.29, 0.717) is 12.4 Å². The second-order valence-corrected chi connectivity index (χ2v) is 8.39. The lowest BCUT2D eigenvalue weighted by molar-refractivity contribution is -0.149. The van der Waals surface area contributed by atoms with E-state index in [-0.39, 0.29) is 37.8 Å². The molecule has 0 saturated heterocycles. The van der Waals surface area contributed by atoms with E-state index in [1.54, 1.807) is 38.1 Å². The molecule has 2 N–H and O–H groups in total. The first-order valence-electron chi connectivity index (χ1n) is 11.7. The lowest BCUT2D eigenvalue weighted by Crippen LogP contribution is -2.47. The molecule has 0 saturated carbocycles. The fraction of sp³-hybridized carbons (Fsp3) is 0.462. The molecule has 1 aromatic rings. The number of ether oxygens (including phenoxy) is 3. The molecule has 1 aromatic carbocycles. The number of hydrogen-bond acceptors (Lipinski definition) is 8. The first kappa shape index (κ1) is 30.6. The third kappa shape index (κ3) is 10.9. The summed E-state index contributed by atoms with van der Waals surface area (Å²) in [6.45, 7) is 11.4. The summed E-state index contributed by atoms with van der Waals surface area (Å²) in [5, 5.41) is 9.94. The van der Waals surface area contributed by atoms with Gasteiger partial charge in [-0.15, -0.1) is 6.58 Å². The normalized spacial score (nSPS) is 13.0. The summed E-state index contributed by atoms with van der Waals surface area (Å²) in [5.41, 5.74) is 0.837. The maximum absolute atomic E-state index is 13.2. The quantitative estimate of drug-likeness (QED) is 0.0749. The fourth-order valence-corrected chi connectivity index (χ4v) is 3.39. The first-order chi connectivity index (χ1) is 17.3. The van der Waals surface area contributed by atoms with Crippen LogP contribution in [-0.4, -0.2) is 64.5 Å². The van der Waals surface area contributed by atoms with Gasteiger partial charge in [0.05, 0.1) is 38.1 Å². The van der Waals surface area contributed by atoms with Crippen molar-refractivity contribution < 1.29 is 33.2 Å². The number of Topliss-reactive ketones (excluding diaryl/α,β-unsaturated/α-hetero) is 1. The average molecular weight is 499 g/mol. The monoisotopic (exact) mass is 499 g/mol. The predicted octanol–water partition coefficient (Wildman–Crippen LogP) is 2.92. The van der Waals surface area contributed by atoms with Gasteiger partial charge in [0.1, 0.15) is 18.8 Å². The molecule has 1 amide bonds. The summed E-state index contributed by atoms with van der Waals surface area (Å²) in [4.78, 5) is 38.4. The van der Waals surface area contributed by atoms with Crippen molar-refractivity contribution in [1.29, 1.82) is 5.41 Å². The Balaban J connectivity index is 2.94. The minimum Gasteiger partial charge on any atom is -0.555 e. The molecule has 0 unspecified atom stereocenters. The van der Waals surface area contributed by atoms with Gasteiger partial charge in [-0.25, -0.2) is 0 Å². The predicted molar refractivity (Wildman–Crippen MR) is 138 cm³/mol. The van der Waals surface area contributed by atoms with E-state index in [4.69, 9.17) is 24.3 Å². The summed E-state index contributed by atoms with van der Waals surface area (Å²) >= 11 is 0. The van der Waals surface area contributed by atoms with Crippen LogP contribution in [0, 0.1) is 17.2 Å². The lowest BCUT2D eigenvalue weighted by atomic mass is 9.74. The van der Waals surface area contributed by atoms with Crippen molar-refractivity contribution in [3.63, 3.8) is 0 Å². The molecule has 36 heavy (non-hydrogen) atoms. The molecule has 1 rings (SSSR count). The highest BCUT2D eigenvalue weighted by Gasteiger charge is 2.32. The number of carbonyl (C=O) groups is 3. The van der Waals surface area contributed by atoms with E-state index in [1.165, 1.54) is 14.6 Å². The number of amides is 1. The minimum absolute atomic E-state index is 0.000713. The van der Waals surface area contributed by atoms with E-state index < -0.39 is 29.7 Å². The number of benzene rings is 1. The van der Waals surface area contributed by atoms with Gasteiger partial charge in [0, 0.05) is 6.42 Å². The Kier molecular flexibility index (Phi) is 14.6. The molecule has 0 fully saturated rings. The zero-order valence-electron chi connectivity index (χ0n) is 21.2. The van der Waals surface area contributed by atoms with Crippen LogP contribution in [0.3, 0.4) is 0 Å². The topological polar surface area (TPSA) is 124 Å². The molecular formula is C26H36BN2O7. The Hall–Kier alpha value is -3.40. The van der Waals surface area contributed by atoms with Gasteiger partial charge in [-0.1, -0.05) is 44.7 Å². The van der Waals surface area contributed by atoms with Crippen LogP contribution in [0.1, 0.15) is 25.8 Å². The van der Waals surface area contributed by atoms with Crippen LogP contribution < -0.4 is 10.1 Å². The maximum Gasteiger partial charge on any atom is 0.384 e. The number of carbonyl (C=O) groups excluding carboxylic acids is 3. The van der Waals surface area contributed by atoms with E-state index in [0.717, 1.165) is 12.0 Å². The second-order valence-electron chi connectivity index (χ2n) is 8.39. The Morgan fingerprint density at radius 3 is 2.33 bits per heavy atom. The van der Waals surface area contributed by atoms with Crippen molar-refractivity contribution in [3.05, 3.63) is 55.1 Å². The molecule has 0 spiro atoms. The van der Waals surface area contributed by atoms with Crippen LogP contribution in [0.2, 0.25) is 5.82 Å². The molecule has 195 valence electrons. The third-order valence-electron chi connectivity index (χ3n) is 5.24. The van der Waals surface area contributed by atoms with Crippen LogP contribution >= 0.6 is 0 Å². The van der Waals surface area contributed by atoms with E-state index >= 15 is 0 Å². The summed E-state index contributed by atoms with van der Waals surface area (Å²) < 4.78 is 20.6. The molecule has 0 aliphatic rings. The maximum atomic E-state index is 13.2. The summed E-state index contributed by atoms with van der Waals surface area (Å²) in [7, 11) is 2.50. The molecule has 0 aliphatic carbocycles. The number of esters is 1. The van der Waals surface area contributed by atoms with Crippen molar-refractivity contribution in [2.24, 2.45) is 11.8 Å². The van der Waals surface area contributed by atoms with Crippen LogP contribution in [0.15, 0.2) is 49.6 Å². The smallest absolute Gasteiger partial charge is 0.384 e. The zero-order chi connectivity index (χ0) is 26.9. The summed E-state index contributed by atoms with van der Waals surface area (Å²) in [6.07, 6.45) is 4.04. The van der Waals surface area contributed by atoms with E-state index in [1.807, 2.05) is 12.1 Å². The number of hydrogen-bond donors (Lipinski definition) is 2. The van der Waals surface area contributed by atoms with Gasteiger partial charge in [0.25, 0.3) is 0 Å². The minimum atomic E-state index is -0.838. The van der Waals surface area contributed by atoms with Gasteiger partial charge in [0.15, 0.2) is 5.78 Å². The van der Waals surface area contributed by atoms with Crippen LogP contribution in [0.4, 0.5) is 0 Å². The van der Waals surface area contributed by atoms with Gasteiger partial charge in [-0.3, -0.25) is 19.8 Å². The molecular weight excluding hydrogens is 463 g/mol. The summed E-state index contributed by atoms with van der Waals surface area (Å²) in [6, 6.07) is 6.38. The van der Waals surface area contributed by atoms with Crippen LogP contribution in [0.25, 0.3) is 0 Å². The number of methoxy groups -OCH3 is 1. The van der Waals surface area contributed by atoms with Crippen molar-refractivity contribution in [3.8, 4) is 5.75 Å². The van der Waals surface area contributed by atoms with Crippen molar-refractivity contribution in [1.82, 2.24) is 5.32 Å². The van der Waals surface area contributed by atoms with Gasteiger partial charge >= 0.3 is 13.5 Å². The van der Waals surface area contributed by atoms with Crippen molar-refractivity contribution >= 4 is 31.5 Å². The molecule has 9 nitrogen and oxygen atoms in total. The van der Waals surface area contributed by atoms with Crippen molar-refractivity contribution in [2.75, 3.05) is 26.9 Å². The zero-order valence-corrected chi connectivity index (χ0v) is 21.2. The molecule has 3 atom stereocenters. The number of rotatable bonds is 19. The third-order valence-corrected chi connectivity index (χ3v) is 5.24.